The van der Waals surface area contributed by atoms with Gasteiger partial charge in [0.1, 0.15) is 0 Å². The predicted molar refractivity (Wildman–Crippen MR) is 68.8 cm³/mol. The first-order chi connectivity index (χ1) is 8.97. The fourth-order valence-electron chi connectivity index (χ4n) is 2.15. The smallest absolute Gasteiger partial charge is 0.251 e. The summed E-state index contributed by atoms with van der Waals surface area (Å²) < 4.78 is 38.8. The number of carbonyl (C=O) groups excluding carboxylic acids is 1. The van der Waals surface area contributed by atoms with Gasteiger partial charge in [0.25, 0.3) is 5.91 Å². The van der Waals surface area contributed by atoms with E-state index < -0.39 is 23.4 Å². The van der Waals surface area contributed by atoms with E-state index in [2.05, 4.69) is 21.2 Å². The van der Waals surface area contributed by atoms with Crippen LogP contribution in [-0.4, -0.2) is 16.8 Å². The van der Waals surface area contributed by atoms with Crippen LogP contribution >= 0.6 is 15.9 Å². The van der Waals surface area contributed by atoms with Crippen molar-refractivity contribution in [2.75, 3.05) is 0 Å². The Labute approximate surface area is 117 Å². The number of carbonyl (C=O) groups is 1. The third-order valence-electron chi connectivity index (χ3n) is 3.24. The topological polar surface area (TPSA) is 29.1 Å². The van der Waals surface area contributed by atoms with Crippen molar-refractivity contribution in [2.24, 2.45) is 0 Å². The highest BCUT2D eigenvalue weighted by atomic mass is 79.9. The summed E-state index contributed by atoms with van der Waals surface area (Å²) in [6, 6.07) is 1.42. The van der Waals surface area contributed by atoms with Gasteiger partial charge in [-0.15, -0.1) is 0 Å². The molecular weight excluding hydrogens is 323 g/mol. The average molecular weight is 336 g/mol. The molecule has 1 saturated carbocycles. The Morgan fingerprint density at radius 3 is 2.16 bits per heavy atom. The van der Waals surface area contributed by atoms with Crippen LogP contribution in [0.2, 0.25) is 0 Å². The number of rotatable bonds is 2. The quantitative estimate of drug-likeness (QED) is 0.650. The number of amides is 1. The van der Waals surface area contributed by atoms with Crippen molar-refractivity contribution in [1.29, 1.82) is 0 Å². The lowest BCUT2D eigenvalue weighted by Gasteiger charge is -2.26. The maximum absolute atomic E-state index is 13.0. The summed E-state index contributed by atoms with van der Waals surface area (Å²) in [6.07, 6.45) is 3.51. The fraction of sp³-hybridized carbons (Fsp3) is 0.462. The van der Waals surface area contributed by atoms with Crippen LogP contribution in [0.25, 0.3) is 0 Å². The number of alkyl halides is 1. The Balaban J connectivity index is 2.04. The Kier molecular flexibility index (Phi) is 4.50. The van der Waals surface area contributed by atoms with E-state index in [9.17, 15) is 18.0 Å². The van der Waals surface area contributed by atoms with Gasteiger partial charge in [-0.1, -0.05) is 15.9 Å². The minimum Gasteiger partial charge on any atom is -0.349 e. The van der Waals surface area contributed by atoms with Gasteiger partial charge >= 0.3 is 0 Å². The van der Waals surface area contributed by atoms with Crippen molar-refractivity contribution in [3.05, 3.63) is 35.1 Å². The van der Waals surface area contributed by atoms with Crippen LogP contribution in [0.3, 0.4) is 0 Å². The second-order valence-electron chi connectivity index (χ2n) is 4.68. The molecule has 1 aliphatic rings. The molecule has 6 heteroatoms. The van der Waals surface area contributed by atoms with Gasteiger partial charge in [0.2, 0.25) is 0 Å². The molecule has 0 atom stereocenters. The largest absolute Gasteiger partial charge is 0.349 e. The van der Waals surface area contributed by atoms with E-state index in [1.165, 1.54) is 0 Å². The van der Waals surface area contributed by atoms with Crippen LogP contribution in [-0.2, 0) is 0 Å². The zero-order valence-corrected chi connectivity index (χ0v) is 11.6. The Hall–Kier alpha value is -1.04. The summed E-state index contributed by atoms with van der Waals surface area (Å²) in [4.78, 5) is 12.3. The fourth-order valence-corrected chi connectivity index (χ4v) is 2.68. The molecule has 1 aromatic rings. The highest BCUT2D eigenvalue weighted by molar-refractivity contribution is 9.09. The first-order valence-electron chi connectivity index (χ1n) is 6.07. The Bertz CT molecular complexity index is 464. The Morgan fingerprint density at radius 1 is 1.11 bits per heavy atom. The van der Waals surface area contributed by atoms with Crippen molar-refractivity contribution in [1.82, 2.24) is 5.32 Å². The summed E-state index contributed by atoms with van der Waals surface area (Å²) in [5.74, 6) is -4.84. The van der Waals surface area contributed by atoms with E-state index in [1.54, 1.807) is 0 Å². The molecule has 0 bridgehead atoms. The van der Waals surface area contributed by atoms with Crippen molar-refractivity contribution < 1.29 is 18.0 Å². The van der Waals surface area contributed by atoms with Gasteiger partial charge in [-0.2, -0.15) is 0 Å². The van der Waals surface area contributed by atoms with Gasteiger partial charge in [-0.05, 0) is 37.8 Å². The molecule has 1 fully saturated rings. The minimum absolute atomic E-state index is 0.00234. The summed E-state index contributed by atoms with van der Waals surface area (Å²) in [6.45, 7) is 0. The van der Waals surface area contributed by atoms with Gasteiger partial charge in [-0.3, -0.25) is 4.79 Å². The van der Waals surface area contributed by atoms with E-state index in [0.717, 1.165) is 25.7 Å². The number of nitrogens with one attached hydrogen (secondary N) is 1. The molecule has 0 spiro atoms. The molecule has 0 radical (unpaired) electrons. The van der Waals surface area contributed by atoms with Crippen LogP contribution in [0.1, 0.15) is 36.0 Å². The minimum atomic E-state index is -1.56. The van der Waals surface area contributed by atoms with Crippen LogP contribution in [0.5, 0.6) is 0 Å². The second kappa shape index (κ2) is 5.94. The van der Waals surface area contributed by atoms with E-state index in [0.29, 0.717) is 17.0 Å². The molecule has 0 unspecified atom stereocenters. The SMILES string of the molecule is O=C(NC1CCC(Br)CC1)c1cc(F)c(F)c(F)c1. The van der Waals surface area contributed by atoms with Gasteiger partial charge in [-0.25, -0.2) is 13.2 Å². The van der Waals surface area contributed by atoms with Gasteiger partial charge in [0.05, 0.1) is 0 Å². The predicted octanol–water partition coefficient (Wildman–Crippen LogP) is 3.54. The molecule has 1 N–H and O–H groups in total. The number of hydrogen-bond acceptors (Lipinski definition) is 1. The van der Waals surface area contributed by atoms with E-state index in [4.69, 9.17) is 0 Å². The molecule has 1 amide bonds. The van der Waals surface area contributed by atoms with Gasteiger partial charge in [0, 0.05) is 16.4 Å². The highest BCUT2D eigenvalue weighted by Gasteiger charge is 2.22. The summed E-state index contributed by atoms with van der Waals surface area (Å²) >= 11 is 3.50. The molecule has 104 valence electrons. The molecule has 2 nitrogen and oxygen atoms in total. The number of hydrogen-bond donors (Lipinski definition) is 1. The summed E-state index contributed by atoms with van der Waals surface area (Å²) in [7, 11) is 0. The lowest BCUT2D eigenvalue weighted by molar-refractivity contribution is 0.0927. The molecule has 1 aliphatic carbocycles. The summed E-state index contributed by atoms with van der Waals surface area (Å²) in [5.41, 5.74) is -0.197. The molecule has 0 aliphatic heterocycles. The number of halogens is 4. The standard InChI is InChI=1S/C13H13BrF3NO/c14-8-1-3-9(4-2-8)18-13(19)7-5-10(15)12(17)11(16)6-7/h5-6,8-9H,1-4H2,(H,18,19). The van der Waals surface area contributed by atoms with E-state index in [1.807, 2.05) is 0 Å². The highest BCUT2D eigenvalue weighted by Crippen LogP contribution is 2.24. The Morgan fingerprint density at radius 2 is 1.63 bits per heavy atom. The molecular formula is C13H13BrF3NO. The zero-order valence-electron chi connectivity index (χ0n) is 10.1. The van der Waals surface area contributed by atoms with Crippen molar-refractivity contribution in [3.63, 3.8) is 0 Å². The maximum atomic E-state index is 13.0. The van der Waals surface area contributed by atoms with Crippen molar-refractivity contribution in [3.8, 4) is 0 Å². The first kappa shape index (κ1) is 14.4. The van der Waals surface area contributed by atoms with E-state index in [-0.39, 0.29) is 11.6 Å². The van der Waals surface area contributed by atoms with Gasteiger partial charge < -0.3 is 5.32 Å². The third-order valence-corrected chi connectivity index (χ3v) is 4.15. The molecule has 0 aromatic heterocycles. The van der Waals surface area contributed by atoms with Crippen LogP contribution in [0, 0.1) is 17.5 Å². The van der Waals surface area contributed by atoms with Crippen LogP contribution in [0.15, 0.2) is 12.1 Å². The van der Waals surface area contributed by atoms with E-state index >= 15 is 0 Å². The molecule has 2 rings (SSSR count). The van der Waals surface area contributed by atoms with Crippen molar-refractivity contribution in [2.45, 2.75) is 36.6 Å². The molecule has 0 saturated heterocycles. The average Bonchev–Trinajstić information content (AvgIpc) is 2.38. The lowest BCUT2D eigenvalue weighted by atomic mass is 9.95. The van der Waals surface area contributed by atoms with Gasteiger partial charge in [0.15, 0.2) is 17.5 Å². The molecule has 0 heterocycles. The first-order valence-corrected chi connectivity index (χ1v) is 6.98. The third kappa shape index (κ3) is 3.49. The normalized spacial score (nSPS) is 23.2. The molecule has 19 heavy (non-hydrogen) atoms. The van der Waals surface area contributed by atoms with Crippen LogP contribution in [0.4, 0.5) is 13.2 Å². The monoisotopic (exact) mass is 335 g/mol. The molecule has 1 aromatic carbocycles. The lowest BCUT2D eigenvalue weighted by Crippen LogP contribution is -2.37. The maximum Gasteiger partial charge on any atom is 0.251 e. The summed E-state index contributed by atoms with van der Waals surface area (Å²) in [5, 5.41) is 2.71. The zero-order chi connectivity index (χ0) is 14.0. The van der Waals surface area contributed by atoms with Crippen molar-refractivity contribution >= 4 is 21.8 Å². The second-order valence-corrected chi connectivity index (χ2v) is 5.97. The number of benzene rings is 1. The van der Waals surface area contributed by atoms with Crippen LogP contribution < -0.4 is 5.32 Å².